The molecule has 0 aliphatic carbocycles. The van der Waals surface area contributed by atoms with Crippen molar-refractivity contribution < 1.29 is 8.42 Å². The first-order valence-electron chi connectivity index (χ1n) is 6.87. The summed E-state index contributed by atoms with van der Waals surface area (Å²) in [5.41, 5.74) is 0. The van der Waals surface area contributed by atoms with Crippen molar-refractivity contribution in [2.75, 3.05) is 32.4 Å². The van der Waals surface area contributed by atoms with Crippen LogP contribution in [0.1, 0.15) is 12.8 Å². The average Bonchev–Trinajstić information content (AvgIpc) is 2.98. The molecule has 1 aromatic carbocycles. The fourth-order valence-electron chi connectivity index (χ4n) is 2.30. The molecule has 2 rings (SSSR count). The van der Waals surface area contributed by atoms with Gasteiger partial charge in [-0.2, -0.15) is 0 Å². The van der Waals surface area contributed by atoms with Crippen molar-refractivity contribution >= 4 is 39.8 Å². The summed E-state index contributed by atoms with van der Waals surface area (Å²) >= 11 is 0. The van der Waals surface area contributed by atoms with E-state index in [2.05, 4.69) is 15.2 Å². The molecule has 0 saturated carbocycles. The van der Waals surface area contributed by atoms with Gasteiger partial charge in [0, 0.05) is 26.7 Å². The molecule has 0 unspecified atom stereocenters. The van der Waals surface area contributed by atoms with Gasteiger partial charge in [0.15, 0.2) is 15.8 Å². The summed E-state index contributed by atoms with van der Waals surface area (Å²) in [7, 11) is -1.50. The van der Waals surface area contributed by atoms with Gasteiger partial charge in [-0.3, -0.25) is 4.99 Å². The highest BCUT2D eigenvalue weighted by Gasteiger charge is 2.17. The SMILES string of the molecule is CN=C(NCCS(=O)(=O)c1ccccc1)N1CCCC1.I. The van der Waals surface area contributed by atoms with Gasteiger partial charge in [-0.1, -0.05) is 18.2 Å². The maximum atomic E-state index is 12.1. The molecule has 0 atom stereocenters. The van der Waals surface area contributed by atoms with Crippen molar-refractivity contribution in [2.24, 2.45) is 4.99 Å². The molecule has 7 heteroatoms. The average molecular weight is 423 g/mol. The third kappa shape index (κ3) is 5.14. The van der Waals surface area contributed by atoms with Crippen LogP contribution in [0.5, 0.6) is 0 Å². The van der Waals surface area contributed by atoms with Crippen LogP contribution < -0.4 is 5.32 Å². The van der Waals surface area contributed by atoms with Gasteiger partial charge in [-0.15, -0.1) is 24.0 Å². The minimum absolute atomic E-state index is 0. The van der Waals surface area contributed by atoms with Gasteiger partial charge in [0.05, 0.1) is 10.6 Å². The van der Waals surface area contributed by atoms with E-state index in [0.717, 1.165) is 19.0 Å². The number of sulfone groups is 1. The van der Waals surface area contributed by atoms with Crippen LogP contribution in [-0.4, -0.2) is 51.7 Å². The highest BCUT2D eigenvalue weighted by molar-refractivity contribution is 14.0. The molecule has 0 radical (unpaired) electrons. The Morgan fingerprint density at radius 3 is 2.43 bits per heavy atom. The molecular formula is C14H22IN3O2S. The first kappa shape index (κ1) is 18.2. The first-order chi connectivity index (χ1) is 9.63. The van der Waals surface area contributed by atoms with Gasteiger partial charge >= 0.3 is 0 Å². The van der Waals surface area contributed by atoms with E-state index in [0.29, 0.717) is 11.4 Å². The van der Waals surface area contributed by atoms with Crippen molar-refractivity contribution in [1.82, 2.24) is 10.2 Å². The van der Waals surface area contributed by atoms with E-state index in [1.54, 1.807) is 31.3 Å². The van der Waals surface area contributed by atoms with Gasteiger partial charge < -0.3 is 10.2 Å². The second-order valence-corrected chi connectivity index (χ2v) is 6.91. The highest BCUT2D eigenvalue weighted by Crippen LogP contribution is 2.10. The molecule has 1 N–H and O–H groups in total. The summed E-state index contributed by atoms with van der Waals surface area (Å²) in [6, 6.07) is 8.55. The second-order valence-electron chi connectivity index (χ2n) is 4.80. The van der Waals surface area contributed by atoms with Gasteiger partial charge in [-0.25, -0.2) is 8.42 Å². The molecule has 1 heterocycles. The zero-order valence-corrected chi connectivity index (χ0v) is 15.3. The van der Waals surface area contributed by atoms with Crippen molar-refractivity contribution in [3.63, 3.8) is 0 Å². The first-order valence-corrected chi connectivity index (χ1v) is 8.52. The smallest absolute Gasteiger partial charge is 0.193 e. The molecular weight excluding hydrogens is 401 g/mol. The second kappa shape index (κ2) is 8.57. The van der Waals surface area contributed by atoms with Crippen LogP contribution in [0.4, 0.5) is 0 Å². The Balaban J connectivity index is 0.00000220. The largest absolute Gasteiger partial charge is 0.355 e. The predicted octanol–water partition coefficient (Wildman–Crippen LogP) is 1.75. The van der Waals surface area contributed by atoms with Gasteiger partial charge in [0.2, 0.25) is 0 Å². The number of aliphatic imine (C=N–C) groups is 1. The predicted molar refractivity (Wildman–Crippen MR) is 96.1 cm³/mol. The van der Waals surface area contributed by atoms with Gasteiger partial charge in [0.1, 0.15) is 0 Å². The standard InChI is InChI=1S/C14H21N3O2S.HI/c1-15-14(17-10-5-6-11-17)16-9-12-20(18,19)13-7-3-2-4-8-13;/h2-4,7-8H,5-6,9-12H2,1H3,(H,15,16);1H. The summed E-state index contributed by atoms with van der Waals surface area (Å²) < 4.78 is 24.3. The van der Waals surface area contributed by atoms with Crippen LogP contribution in [0.3, 0.4) is 0 Å². The van der Waals surface area contributed by atoms with E-state index in [1.807, 2.05) is 6.07 Å². The molecule has 0 amide bonds. The fourth-order valence-corrected chi connectivity index (χ4v) is 3.48. The zero-order chi connectivity index (χ0) is 14.4. The number of rotatable bonds is 4. The lowest BCUT2D eigenvalue weighted by Gasteiger charge is -2.20. The molecule has 1 aliphatic heterocycles. The molecule has 1 saturated heterocycles. The van der Waals surface area contributed by atoms with E-state index < -0.39 is 9.84 Å². The van der Waals surface area contributed by atoms with Crippen LogP contribution in [0.15, 0.2) is 40.2 Å². The van der Waals surface area contributed by atoms with Crippen molar-refractivity contribution in [3.8, 4) is 0 Å². The summed E-state index contributed by atoms with van der Waals surface area (Å²) in [4.78, 5) is 6.73. The lowest BCUT2D eigenvalue weighted by molar-refractivity contribution is 0.496. The third-order valence-electron chi connectivity index (χ3n) is 3.37. The topological polar surface area (TPSA) is 61.8 Å². The van der Waals surface area contributed by atoms with Crippen LogP contribution in [0.2, 0.25) is 0 Å². The number of halogens is 1. The number of hydrogen-bond acceptors (Lipinski definition) is 3. The number of likely N-dealkylation sites (tertiary alicyclic amines) is 1. The molecule has 0 spiro atoms. The van der Waals surface area contributed by atoms with Crippen molar-refractivity contribution in [1.29, 1.82) is 0 Å². The Kier molecular flexibility index (Phi) is 7.44. The summed E-state index contributed by atoms with van der Waals surface area (Å²) in [5, 5.41) is 3.13. The number of benzene rings is 1. The number of nitrogens with zero attached hydrogens (tertiary/aromatic N) is 2. The van der Waals surface area contributed by atoms with Crippen LogP contribution in [0, 0.1) is 0 Å². The Labute approximate surface area is 143 Å². The number of nitrogens with one attached hydrogen (secondary N) is 1. The van der Waals surface area contributed by atoms with E-state index in [-0.39, 0.29) is 29.7 Å². The number of hydrogen-bond donors (Lipinski definition) is 1. The van der Waals surface area contributed by atoms with Gasteiger partial charge in [-0.05, 0) is 25.0 Å². The minimum Gasteiger partial charge on any atom is -0.355 e. The maximum Gasteiger partial charge on any atom is 0.193 e. The van der Waals surface area contributed by atoms with Crippen molar-refractivity contribution in [2.45, 2.75) is 17.7 Å². The van der Waals surface area contributed by atoms with E-state index >= 15 is 0 Å². The lowest BCUT2D eigenvalue weighted by Crippen LogP contribution is -2.41. The minimum atomic E-state index is -3.22. The molecule has 21 heavy (non-hydrogen) atoms. The van der Waals surface area contributed by atoms with Crippen molar-refractivity contribution in [3.05, 3.63) is 30.3 Å². The Bertz CT molecular complexity index is 555. The zero-order valence-electron chi connectivity index (χ0n) is 12.2. The molecule has 0 bridgehead atoms. The molecule has 1 fully saturated rings. The fraction of sp³-hybridized carbons (Fsp3) is 0.500. The molecule has 1 aliphatic rings. The Morgan fingerprint density at radius 2 is 1.86 bits per heavy atom. The van der Waals surface area contributed by atoms with Crippen LogP contribution >= 0.6 is 24.0 Å². The highest BCUT2D eigenvalue weighted by atomic mass is 127. The molecule has 118 valence electrons. The summed E-state index contributed by atoms with van der Waals surface area (Å²) in [6.07, 6.45) is 2.34. The molecule has 1 aromatic rings. The van der Waals surface area contributed by atoms with Crippen LogP contribution in [0.25, 0.3) is 0 Å². The van der Waals surface area contributed by atoms with E-state index in [1.165, 1.54) is 12.8 Å². The molecule has 5 nitrogen and oxygen atoms in total. The van der Waals surface area contributed by atoms with E-state index in [4.69, 9.17) is 0 Å². The summed E-state index contributed by atoms with van der Waals surface area (Å²) in [6.45, 7) is 2.36. The van der Waals surface area contributed by atoms with E-state index in [9.17, 15) is 8.42 Å². The van der Waals surface area contributed by atoms with Gasteiger partial charge in [0.25, 0.3) is 0 Å². The summed E-state index contributed by atoms with van der Waals surface area (Å²) in [5.74, 6) is 0.870. The Morgan fingerprint density at radius 1 is 1.24 bits per heavy atom. The normalized spacial score (nSPS) is 15.7. The number of guanidine groups is 1. The monoisotopic (exact) mass is 423 g/mol. The Hall–Kier alpha value is -0.830. The third-order valence-corrected chi connectivity index (χ3v) is 5.11. The lowest BCUT2D eigenvalue weighted by atomic mass is 10.4. The van der Waals surface area contributed by atoms with Crippen LogP contribution in [-0.2, 0) is 9.84 Å². The molecule has 0 aromatic heterocycles. The maximum absolute atomic E-state index is 12.1. The quantitative estimate of drug-likeness (QED) is 0.456.